The molecule has 0 unspecified atom stereocenters. The largest absolute Gasteiger partial charge is 0.484 e. The molecule has 4 nitrogen and oxygen atoms in total. The van der Waals surface area contributed by atoms with E-state index in [-0.39, 0.29) is 18.6 Å². The van der Waals surface area contributed by atoms with Gasteiger partial charge in [0.2, 0.25) is 0 Å². The number of amides is 1. The first kappa shape index (κ1) is 13.9. The van der Waals surface area contributed by atoms with E-state index in [9.17, 15) is 4.79 Å². The molecule has 1 fully saturated rings. The van der Waals surface area contributed by atoms with Crippen LogP contribution in [-0.4, -0.2) is 43.7 Å². The van der Waals surface area contributed by atoms with Crippen LogP contribution in [0, 0.1) is 0 Å². The predicted octanol–water partition coefficient (Wildman–Crippen LogP) is 2.47. The van der Waals surface area contributed by atoms with Crippen LogP contribution < -0.4 is 4.74 Å². The van der Waals surface area contributed by atoms with Crippen molar-refractivity contribution in [1.82, 2.24) is 4.90 Å². The number of carbonyl (C=O) groups excluding carboxylic acids is 1. The van der Waals surface area contributed by atoms with E-state index in [4.69, 9.17) is 9.47 Å². The Bertz CT molecular complexity index is 635. The molecule has 0 N–H and O–H groups in total. The second-order valence-electron chi connectivity index (χ2n) is 5.32. The molecule has 2 aromatic carbocycles. The first-order valence-corrected chi connectivity index (χ1v) is 7.19. The van der Waals surface area contributed by atoms with Gasteiger partial charge in [0.1, 0.15) is 5.75 Å². The molecule has 1 heterocycles. The van der Waals surface area contributed by atoms with E-state index >= 15 is 0 Å². The van der Waals surface area contributed by atoms with Crippen LogP contribution in [0.15, 0.2) is 42.5 Å². The third-order valence-corrected chi connectivity index (χ3v) is 3.93. The van der Waals surface area contributed by atoms with Crippen LogP contribution in [0.4, 0.5) is 0 Å². The average Bonchev–Trinajstić information content (AvgIpc) is 3.06. The maximum absolute atomic E-state index is 12.1. The number of benzene rings is 2. The highest BCUT2D eigenvalue weighted by Gasteiger charge is 2.24. The van der Waals surface area contributed by atoms with Gasteiger partial charge in [-0.1, -0.05) is 30.3 Å². The highest BCUT2D eigenvalue weighted by molar-refractivity contribution is 5.84. The molecule has 1 saturated heterocycles. The molecule has 3 rings (SSSR count). The number of hydrogen-bond acceptors (Lipinski definition) is 3. The summed E-state index contributed by atoms with van der Waals surface area (Å²) in [6, 6.07) is 14.1. The highest BCUT2D eigenvalue weighted by atomic mass is 16.5. The lowest BCUT2D eigenvalue weighted by Gasteiger charge is -2.23. The Hall–Kier alpha value is -2.07. The van der Waals surface area contributed by atoms with Crippen molar-refractivity contribution in [2.45, 2.75) is 12.5 Å². The zero-order valence-corrected chi connectivity index (χ0v) is 12.1. The molecule has 0 aliphatic carbocycles. The van der Waals surface area contributed by atoms with Gasteiger partial charge >= 0.3 is 0 Å². The second kappa shape index (κ2) is 6.14. The smallest absolute Gasteiger partial charge is 0.260 e. The molecule has 21 heavy (non-hydrogen) atoms. The molecule has 110 valence electrons. The van der Waals surface area contributed by atoms with Crippen LogP contribution >= 0.6 is 0 Å². The van der Waals surface area contributed by atoms with Gasteiger partial charge in [-0.3, -0.25) is 4.79 Å². The molecule has 2 aromatic rings. The van der Waals surface area contributed by atoms with Gasteiger partial charge in [-0.15, -0.1) is 0 Å². The molecule has 1 atom stereocenters. The SMILES string of the molecule is CN(C(=O)COc1ccc2ccccc2c1)[C@@H]1CCOC1. The molecule has 1 aliphatic heterocycles. The van der Waals surface area contributed by atoms with Crippen LogP contribution in [-0.2, 0) is 9.53 Å². The number of nitrogens with zero attached hydrogens (tertiary/aromatic N) is 1. The zero-order chi connectivity index (χ0) is 14.7. The van der Waals surface area contributed by atoms with E-state index in [1.165, 1.54) is 0 Å². The number of ether oxygens (including phenoxy) is 2. The van der Waals surface area contributed by atoms with Crippen LogP contribution in [0.2, 0.25) is 0 Å². The number of hydrogen-bond donors (Lipinski definition) is 0. The molecule has 0 aromatic heterocycles. The third-order valence-electron chi connectivity index (χ3n) is 3.93. The third kappa shape index (κ3) is 3.16. The Morgan fingerprint density at radius 1 is 1.29 bits per heavy atom. The summed E-state index contributed by atoms with van der Waals surface area (Å²) >= 11 is 0. The topological polar surface area (TPSA) is 38.8 Å². The molecule has 0 bridgehead atoms. The van der Waals surface area contributed by atoms with E-state index in [1.807, 2.05) is 43.4 Å². The second-order valence-corrected chi connectivity index (χ2v) is 5.32. The summed E-state index contributed by atoms with van der Waals surface area (Å²) in [5.74, 6) is 0.705. The molecular weight excluding hydrogens is 266 g/mol. The molecule has 0 radical (unpaired) electrons. The molecule has 0 spiro atoms. The Morgan fingerprint density at radius 3 is 2.86 bits per heavy atom. The summed E-state index contributed by atoms with van der Waals surface area (Å²) in [7, 11) is 1.81. The van der Waals surface area contributed by atoms with E-state index < -0.39 is 0 Å². The van der Waals surface area contributed by atoms with Gasteiger partial charge in [0, 0.05) is 13.7 Å². The fourth-order valence-corrected chi connectivity index (χ4v) is 2.54. The summed E-state index contributed by atoms with van der Waals surface area (Å²) in [6.45, 7) is 1.41. The number of carbonyl (C=O) groups is 1. The minimum atomic E-state index is -0.0151. The Kier molecular flexibility index (Phi) is 4.06. The number of fused-ring (bicyclic) bond motifs is 1. The lowest BCUT2D eigenvalue weighted by atomic mass is 10.1. The summed E-state index contributed by atoms with van der Waals surface area (Å²) in [5, 5.41) is 2.27. The molecule has 1 amide bonds. The normalized spacial score (nSPS) is 17.9. The molecule has 4 heteroatoms. The van der Waals surface area contributed by atoms with Crippen LogP contribution in [0.5, 0.6) is 5.75 Å². The van der Waals surface area contributed by atoms with Crippen molar-refractivity contribution >= 4 is 16.7 Å². The van der Waals surface area contributed by atoms with Gasteiger partial charge < -0.3 is 14.4 Å². The molecular formula is C17H19NO3. The van der Waals surface area contributed by atoms with E-state index in [1.54, 1.807) is 4.90 Å². The van der Waals surface area contributed by atoms with Crippen molar-refractivity contribution in [2.24, 2.45) is 0 Å². The number of likely N-dealkylation sites (N-methyl/N-ethyl adjacent to an activating group) is 1. The first-order chi connectivity index (χ1) is 10.2. The lowest BCUT2D eigenvalue weighted by Crippen LogP contribution is -2.40. The van der Waals surface area contributed by atoms with E-state index in [2.05, 4.69) is 6.07 Å². The van der Waals surface area contributed by atoms with Gasteiger partial charge in [0.05, 0.1) is 12.6 Å². The predicted molar refractivity (Wildman–Crippen MR) is 81.4 cm³/mol. The van der Waals surface area contributed by atoms with Gasteiger partial charge in [-0.05, 0) is 29.3 Å². The highest BCUT2D eigenvalue weighted by Crippen LogP contribution is 2.20. The average molecular weight is 285 g/mol. The van der Waals surface area contributed by atoms with Crippen molar-refractivity contribution in [3.63, 3.8) is 0 Å². The lowest BCUT2D eigenvalue weighted by molar-refractivity contribution is -0.134. The van der Waals surface area contributed by atoms with Crippen molar-refractivity contribution < 1.29 is 14.3 Å². The van der Waals surface area contributed by atoms with Crippen molar-refractivity contribution in [2.75, 3.05) is 26.9 Å². The summed E-state index contributed by atoms with van der Waals surface area (Å²) < 4.78 is 10.9. The van der Waals surface area contributed by atoms with Gasteiger partial charge in [-0.2, -0.15) is 0 Å². The van der Waals surface area contributed by atoms with Gasteiger partial charge in [0.15, 0.2) is 6.61 Å². The Labute approximate surface area is 124 Å². The minimum Gasteiger partial charge on any atom is -0.484 e. The van der Waals surface area contributed by atoms with E-state index in [0.29, 0.717) is 6.61 Å². The molecule has 0 saturated carbocycles. The number of rotatable bonds is 4. The van der Waals surface area contributed by atoms with Crippen molar-refractivity contribution in [3.8, 4) is 5.75 Å². The monoisotopic (exact) mass is 285 g/mol. The van der Waals surface area contributed by atoms with Gasteiger partial charge in [-0.25, -0.2) is 0 Å². The van der Waals surface area contributed by atoms with Crippen LogP contribution in [0.3, 0.4) is 0 Å². The fraction of sp³-hybridized carbons (Fsp3) is 0.353. The van der Waals surface area contributed by atoms with Crippen molar-refractivity contribution in [1.29, 1.82) is 0 Å². The summed E-state index contributed by atoms with van der Waals surface area (Å²) in [4.78, 5) is 13.8. The summed E-state index contributed by atoms with van der Waals surface area (Å²) in [6.07, 6.45) is 0.901. The molecule has 1 aliphatic rings. The summed E-state index contributed by atoms with van der Waals surface area (Å²) in [5.41, 5.74) is 0. The van der Waals surface area contributed by atoms with Crippen LogP contribution in [0.1, 0.15) is 6.42 Å². The maximum atomic E-state index is 12.1. The Balaban J connectivity index is 1.61. The van der Waals surface area contributed by atoms with Gasteiger partial charge in [0.25, 0.3) is 5.91 Å². The first-order valence-electron chi connectivity index (χ1n) is 7.19. The maximum Gasteiger partial charge on any atom is 0.260 e. The fourth-order valence-electron chi connectivity index (χ4n) is 2.54. The van der Waals surface area contributed by atoms with E-state index in [0.717, 1.165) is 29.5 Å². The quantitative estimate of drug-likeness (QED) is 0.866. The van der Waals surface area contributed by atoms with Crippen molar-refractivity contribution in [3.05, 3.63) is 42.5 Å². The minimum absolute atomic E-state index is 0.0151. The van der Waals surface area contributed by atoms with Crippen LogP contribution in [0.25, 0.3) is 10.8 Å². The Morgan fingerprint density at radius 2 is 2.10 bits per heavy atom. The zero-order valence-electron chi connectivity index (χ0n) is 12.1. The standard InChI is InChI=1S/C17H19NO3/c1-18(15-8-9-20-11-15)17(19)12-21-16-7-6-13-4-2-3-5-14(13)10-16/h2-7,10,15H,8-9,11-12H2,1H3/t15-/m1/s1.